The van der Waals surface area contributed by atoms with Crippen LogP contribution in [0.5, 0.6) is 5.75 Å². The lowest BCUT2D eigenvalue weighted by molar-refractivity contribution is 0.266. The summed E-state index contributed by atoms with van der Waals surface area (Å²) in [7, 11) is 4.27. The minimum atomic E-state index is 0.512. The van der Waals surface area contributed by atoms with E-state index < -0.39 is 0 Å². The van der Waals surface area contributed by atoms with Crippen molar-refractivity contribution in [3.63, 3.8) is 0 Å². The zero-order chi connectivity index (χ0) is 13.3. The van der Waals surface area contributed by atoms with Crippen LogP contribution in [0, 0.1) is 5.92 Å². The van der Waals surface area contributed by atoms with Crippen molar-refractivity contribution in [3.05, 3.63) is 0 Å². The first-order valence-corrected chi connectivity index (χ1v) is 7.11. The number of nitrogens with zero attached hydrogens (tertiary/aromatic N) is 3. The van der Waals surface area contributed by atoms with E-state index in [1.54, 1.807) is 0 Å². The Morgan fingerprint density at radius 1 is 1.50 bits per heavy atom. The third kappa shape index (κ3) is 2.40. The molecule has 2 rings (SSSR count). The molecule has 6 heteroatoms. The highest BCUT2D eigenvalue weighted by Crippen LogP contribution is 2.40. The first-order valence-electron chi connectivity index (χ1n) is 6.33. The van der Waals surface area contributed by atoms with Crippen LogP contribution in [0.15, 0.2) is 0 Å². The van der Waals surface area contributed by atoms with Gasteiger partial charge in [-0.25, -0.2) is 0 Å². The maximum atomic E-state index is 5.86. The fourth-order valence-corrected chi connectivity index (χ4v) is 3.33. The van der Waals surface area contributed by atoms with Gasteiger partial charge in [-0.1, -0.05) is 6.92 Å². The fraction of sp³-hybridized carbons (Fsp3) is 0.750. The molecule has 0 aromatic carbocycles. The van der Waals surface area contributed by atoms with Crippen LogP contribution in [-0.4, -0.2) is 49.1 Å². The number of ether oxygens (including phenoxy) is 1. The summed E-state index contributed by atoms with van der Waals surface area (Å²) in [5.74, 6) is 1.91. The Kier molecular flexibility index (Phi) is 3.97. The standard InChI is InChI=1S/C12H22N4OS/c1-5-17-10-11(13)14-18-12(10)16-6-8(2)9(7-16)15(3)4/h8-9H,5-7H2,1-4H3,(H2,13,14). The van der Waals surface area contributed by atoms with Gasteiger partial charge in [0.25, 0.3) is 0 Å². The Balaban J connectivity index is 2.18. The summed E-state index contributed by atoms with van der Waals surface area (Å²) in [5, 5.41) is 1.07. The van der Waals surface area contributed by atoms with Crippen molar-refractivity contribution in [2.75, 3.05) is 44.4 Å². The van der Waals surface area contributed by atoms with Gasteiger partial charge in [0.2, 0.25) is 0 Å². The number of nitrogens with two attached hydrogens (primary N) is 1. The van der Waals surface area contributed by atoms with Gasteiger partial charge in [-0.05, 0) is 38.5 Å². The molecule has 1 saturated heterocycles. The Morgan fingerprint density at radius 2 is 2.22 bits per heavy atom. The molecule has 0 spiro atoms. The molecule has 5 nitrogen and oxygen atoms in total. The minimum Gasteiger partial charge on any atom is -0.487 e. The molecule has 1 aliphatic rings. The van der Waals surface area contributed by atoms with E-state index >= 15 is 0 Å². The number of hydrogen-bond donors (Lipinski definition) is 1. The fourth-order valence-electron chi connectivity index (χ4n) is 2.55. The second kappa shape index (κ2) is 5.32. The SMILES string of the molecule is CCOc1c(N)nsc1N1CC(C)C(N(C)C)C1. The van der Waals surface area contributed by atoms with Crippen molar-refractivity contribution in [2.45, 2.75) is 19.9 Å². The Bertz CT molecular complexity index is 407. The van der Waals surface area contributed by atoms with E-state index in [2.05, 4.69) is 35.2 Å². The van der Waals surface area contributed by atoms with Gasteiger partial charge < -0.3 is 20.3 Å². The largest absolute Gasteiger partial charge is 0.487 e. The summed E-state index contributed by atoms with van der Waals surface area (Å²) in [5.41, 5.74) is 5.86. The summed E-state index contributed by atoms with van der Waals surface area (Å²) in [6.07, 6.45) is 0. The van der Waals surface area contributed by atoms with Gasteiger partial charge in [0.15, 0.2) is 16.6 Å². The molecule has 18 heavy (non-hydrogen) atoms. The minimum absolute atomic E-state index is 0.512. The molecule has 1 fully saturated rings. The number of anilines is 2. The van der Waals surface area contributed by atoms with E-state index in [9.17, 15) is 0 Å². The normalized spacial score (nSPS) is 23.9. The molecule has 0 radical (unpaired) electrons. The van der Waals surface area contributed by atoms with Crippen LogP contribution >= 0.6 is 11.5 Å². The van der Waals surface area contributed by atoms with Gasteiger partial charge in [-0.15, -0.1) is 0 Å². The van der Waals surface area contributed by atoms with E-state index in [4.69, 9.17) is 10.5 Å². The lowest BCUT2D eigenvalue weighted by atomic mass is 10.1. The van der Waals surface area contributed by atoms with Crippen molar-refractivity contribution in [1.82, 2.24) is 9.27 Å². The van der Waals surface area contributed by atoms with E-state index in [0.29, 0.717) is 24.4 Å². The molecule has 0 saturated carbocycles. The van der Waals surface area contributed by atoms with Gasteiger partial charge in [0.1, 0.15) is 0 Å². The van der Waals surface area contributed by atoms with Crippen molar-refractivity contribution in [2.24, 2.45) is 5.92 Å². The van der Waals surface area contributed by atoms with E-state index in [-0.39, 0.29) is 0 Å². The van der Waals surface area contributed by atoms with Crippen molar-refractivity contribution < 1.29 is 4.74 Å². The molecule has 0 aliphatic carbocycles. The number of aromatic nitrogens is 1. The summed E-state index contributed by atoms with van der Waals surface area (Å²) in [6.45, 7) is 6.92. The monoisotopic (exact) mass is 270 g/mol. The predicted molar refractivity (Wildman–Crippen MR) is 76.5 cm³/mol. The number of likely N-dealkylation sites (N-methyl/N-ethyl adjacent to an activating group) is 1. The second-order valence-corrected chi connectivity index (χ2v) is 5.80. The van der Waals surface area contributed by atoms with Crippen LogP contribution in [-0.2, 0) is 0 Å². The molecular formula is C12H22N4OS. The first-order chi connectivity index (χ1) is 8.54. The molecule has 1 aromatic rings. The quantitative estimate of drug-likeness (QED) is 0.899. The molecule has 2 N–H and O–H groups in total. The molecule has 0 bridgehead atoms. The average Bonchev–Trinajstić information content (AvgIpc) is 2.84. The van der Waals surface area contributed by atoms with Crippen molar-refractivity contribution in [3.8, 4) is 5.75 Å². The highest BCUT2D eigenvalue weighted by molar-refractivity contribution is 7.11. The summed E-state index contributed by atoms with van der Waals surface area (Å²) in [6, 6.07) is 0.572. The van der Waals surface area contributed by atoms with E-state index in [1.165, 1.54) is 11.5 Å². The lowest BCUT2D eigenvalue weighted by Crippen LogP contribution is -2.34. The topological polar surface area (TPSA) is 54.6 Å². The van der Waals surface area contributed by atoms with Crippen LogP contribution in [0.4, 0.5) is 10.8 Å². The average molecular weight is 270 g/mol. The highest BCUT2D eigenvalue weighted by atomic mass is 32.1. The van der Waals surface area contributed by atoms with Gasteiger partial charge in [0, 0.05) is 19.1 Å². The van der Waals surface area contributed by atoms with Crippen molar-refractivity contribution >= 4 is 22.4 Å². The molecule has 2 unspecified atom stereocenters. The molecule has 1 aliphatic heterocycles. The molecular weight excluding hydrogens is 248 g/mol. The first kappa shape index (κ1) is 13.4. The number of hydrogen-bond acceptors (Lipinski definition) is 6. The zero-order valence-electron chi connectivity index (χ0n) is 11.5. The summed E-state index contributed by atoms with van der Waals surface area (Å²) >= 11 is 1.44. The second-order valence-electron chi connectivity index (χ2n) is 5.05. The van der Waals surface area contributed by atoms with E-state index in [0.717, 1.165) is 23.8 Å². The Hall–Kier alpha value is -1.01. The molecule has 2 heterocycles. The van der Waals surface area contributed by atoms with E-state index in [1.807, 2.05) is 6.92 Å². The van der Waals surface area contributed by atoms with Crippen LogP contribution in [0.2, 0.25) is 0 Å². The maximum absolute atomic E-state index is 5.86. The van der Waals surface area contributed by atoms with Gasteiger partial charge in [0.05, 0.1) is 6.61 Å². The van der Waals surface area contributed by atoms with Crippen molar-refractivity contribution in [1.29, 1.82) is 0 Å². The van der Waals surface area contributed by atoms with Gasteiger partial charge >= 0.3 is 0 Å². The summed E-state index contributed by atoms with van der Waals surface area (Å²) < 4.78 is 9.83. The molecule has 0 amide bonds. The van der Waals surface area contributed by atoms with Crippen LogP contribution in [0.3, 0.4) is 0 Å². The van der Waals surface area contributed by atoms with Crippen LogP contribution in [0.1, 0.15) is 13.8 Å². The van der Waals surface area contributed by atoms with Crippen LogP contribution in [0.25, 0.3) is 0 Å². The maximum Gasteiger partial charge on any atom is 0.197 e. The van der Waals surface area contributed by atoms with Gasteiger partial charge in [-0.3, -0.25) is 0 Å². The van der Waals surface area contributed by atoms with Gasteiger partial charge in [-0.2, -0.15) is 4.37 Å². The number of nitrogen functional groups attached to an aromatic ring is 1. The predicted octanol–water partition coefficient (Wildman–Crippen LogP) is 1.51. The third-order valence-electron chi connectivity index (χ3n) is 3.47. The number of rotatable bonds is 4. The smallest absolute Gasteiger partial charge is 0.197 e. The van der Waals surface area contributed by atoms with Crippen LogP contribution < -0.4 is 15.4 Å². The summed E-state index contributed by atoms with van der Waals surface area (Å²) in [4.78, 5) is 4.63. The molecule has 1 aromatic heterocycles. The lowest BCUT2D eigenvalue weighted by Gasteiger charge is -2.22. The third-order valence-corrected chi connectivity index (χ3v) is 4.37. The Labute approximate surface area is 113 Å². The molecule has 102 valence electrons. The Morgan fingerprint density at radius 3 is 2.78 bits per heavy atom. The molecule has 2 atom stereocenters. The highest BCUT2D eigenvalue weighted by Gasteiger charge is 2.33. The zero-order valence-corrected chi connectivity index (χ0v) is 12.3.